The summed E-state index contributed by atoms with van der Waals surface area (Å²) in [5.74, 6) is -1.61. The Morgan fingerprint density at radius 1 is 0.252 bits per heavy atom. The lowest BCUT2D eigenvalue weighted by molar-refractivity contribution is -0.161. The zero-order chi connectivity index (χ0) is 83.6. The van der Waals surface area contributed by atoms with Gasteiger partial charge in [0.25, 0.3) is 0 Å². The maximum absolute atomic E-state index is 13.1. The molecule has 0 aromatic rings. The average molecular weight is 1650 g/mol. The molecule has 5 unspecified atom stereocenters. The minimum Gasteiger partial charge on any atom is -0.463 e. The van der Waals surface area contributed by atoms with Crippen LogP contribution in [0.2, 0.25) is 0 Å². The number of carbonyl (C=O) groups is 3. The van der Waals surface area contributed by atoms with Crippen molar-refractivity contribution >= 4 is 33.6 Å². The highest BCUT2D eigenvalue weighted by Gasteiger charge is 2.29. The first kappa shape index (κ1) is 110. The smallest absolute Gasteiger partial charge is 0.463 e. The molecule has 0 fully saturated rings. The molecule has 0 radical (unpaired) electrons. The SMILES string of the molecule is CC/C=C\C/C=C\C/C=C\C/C=C\C/C=C\C/C=C\CCCCCCCCCCC(=O)OCC(COP(=O)(O)OCC(O)COP(=O)(O)OCC(O)COC(=O)CCCCCCCCCCCCCCCCC/C=C\C/C=C\C/C=C\C/C=C\C/C=C\CC)OC(=O)CCCCCCC/C=C\C/C=C\C/C=C\C/C=C\CCCCC. The number of unbranched alkanes of at least 4 members (excludes halogenated alkanes) is 31. The predicted molar refractivity (Wildman–Crippen MR) is 481 cm³/mol. The van der Waals surface area contributed by atoms with Crippen LogP contribution in [0.25, 0.3) is 0 Å². The molecule has 0 bridgehead atoms. The Hall–Kier alpha value is -5.35. The Bertz CT molecular complexity index is 2820. The van der Waals surface area contributed by atoms with Crippen LogP contribution in [0.5, 0.6) is 0 Å². The normalized spacial score (nSPS) is 14.7. The van der Waals surface area contributed by atoms with Crippen molar-refractivity contribution in [2.45, 2.75) is 373 Å². The number of phosphoric ester groups is 2. The van der Waals surface area contributed by atoms with Crippen molar-refractivity contribution in [1.29, 1.82) is 0 Å². The van der Waals surface area contributed by atoms with E-state index in [2.05, 4.69) is 203 Å². The number of phosphoric acid groups is 2. The number of aliphatic hydroxyl groups excluding tert-OH is 2. The maximum Gasteiger partial charge on any atom is 0.472 e. The average Bonchev–Trinajstić information content (AvgIpc) is 0.900. The van der Waals surface area contributed by atoms with Crippen LogP contribution < -0.4 is 0 Å². The minimum atomic E-state index is -4.95. The fraction of sp³-hybridized carbons (Fsp3) is 0.660. The summed E-state index contributed by atoms with van der Waals surface area (Å²) in [6.07, 6.45) is 115. The van der Waals surface area contributed by atoms with E-state index in [-0.39, 0.29) is 19.3 Å². The lowest BCUT2D eigenvalue weighted by Gasteiger charge is -2.21. The molecule has 0 aliphatic carbocycles. The first-order valence-corrected chi connectivity index (χ1v) is 48.1. The maximum atomic E-state index is 13.1. The highest BCUT2D eigenvalue weighted by Crippen LogP contribution is 2.45. The molecule has 5 atom stereocenters. The largest absolute Gasteiger partial charge is 0.472 e. The standard InChI is InChI=1S/C97H162O16P2/c1-4-7-10-13-16-19-22-25-28-31-34-37-39-41-43-44-45-46-48-50-51-54-56-59-62-65-68-71-74-77-80-83-95(100)107-86-92(98)87-109-114(103,104)110-88-93(99)89-111-115(105,106)112-91-94(113-97(102)85-82-79-76-73-70-67-64-61-58-53-36-33-30-27-24-21-18-15-12-9-6-3)90-108-96(101)84-81-78-75-72-69-66-63-60-57-55-52-49-47-42-40-38-35-32-29-26-23-20-17-14-11-8-5-2/h7-8,10-11,16-21,25-30,34-38,41-43,47,52-53,55,61,64,92-94,98-99H,4-6,9,12-15,22-24,31-33,39-40,44-46,48-51,54,56-60,62-63,65-91H2,1-3H3,(H,103,104)(H,105,106)/b10-7-,11-8-,19-16-,20-17-,21-18-,28-25-,29-26-,30-27-,37-34-,38-35-,43-41-,47-42-,53-36-,55-52-,64-61-. The van der Waals surface area contributed by atoms with E-state index in [0.29, 0.717) is 19.3 Å². The number of rotatable bonds is 84. The minimum absolute atomic E-state index is 0.0759. The van der Waals surface area contributed by atoms with Crippen molar-refractivity contribution in [3.05, 3.63) is 182 Å². The number of hydrogen-bond donors (Lipinski definition) is 4. The number of aliphatic hydroxyl groups is 2. The summed E-state index contributed by atoms with van der Waals surface area (Å²) in [5, 5.41) is 20.7. The van der Waals surface area contributed by atoms with E-state index in [9.17, 15) is 43.5 Å². The van der Waals surface area contributed by atoms with E-state index in [0.717, 1.165) is 193 Å². The van der Waals surface area contributed by atoms with Gasteiger partial charge in [-0.2, -0.15) is 0 Å². The molecule has 4 N–H and O–H groups in total. The van der Waals surface area contributed by atoms with Crippen molar-refractivity contribution in [2.24, 2.45) is 0 Å². The van der Waals surface area contributed by atoms with Gasteiger partial charge in [-0.1, -0.05) is 357 Å². The van der Waals surface area contributed by atoms with E-state index in [1.54, 1.807) is 0 Å². The summed E-state index contributed by atoms with van der Waals surface area (Å²) in [5.41, 5.74) is 0. The van der Waals surface area contributed by atoms with Gasteiger partial charge in [0.05, 0.1) is 26.4 Å². The summed E-state index contributed by atoms with van der Waals surface area (Å²) in [6.45, 7) is 2.42. The zero-order valence-corrected chi connectivity index (χ0v) is 73.9. The summed E-state index contributed by atoms with van der Waals surface area (Å²) in [6, 6.07) is 0. The van der Waals surface area contributed by atoms with Crippen molar-refractivity contribution in [3.63, 3.8) is 0 Å². The Morgan fingerprint density at radius 3 is 0.730 bits per heavy atom. The summed E-state index contributed by atoms with van der Waals surface area (Å²) in [7, 11) is -9.82. The highest BCUT2D eigenvalue weighted by molar-refractivity contribution is 7.47. The van der Waals surface area contributed by atoms with Crippen LogP contribution in [0.1, 0.15) is 355 Å². The van der Waals surface area contributed by atoms with Crippen molar-refractivity contribution in [3.8, 4) is 0 Å². The molecule has 0 saturated carbocycles. The number of ether oxygens (including phenoxy) is 3. The number of allylic oxidation sites excluding steroid dienone is 30. The number of esters is 3. The molecule has 0 heterocycles. The van der Waals surface area contributed by atoms with E-state index in [1.165, 1.54) is 103 Å². The van der Waals surface area contributed by atoms with E-state index >= 15 is 0 Å². The first-order valence-electron chi connectivity index (χ1n) is 45.1. The second-order valence-electron chi connectivity index (χ2n) is 29.6. The molecule has 656 valence electrons. The van der Waals surface area contributed by atoms with Gasteiger partial charge >= 0.3 is 33.6 Å². The van der Waals surface area contributed by atoms with Crippen LogP contribution in [0.15, 0.2) is 182 Å². The number of hydrogen-bond acceptors (Lipinski definition) is 14. The van der Waals surface area contributed by atoms with Gasteiger partial charge in [0.15, 0.2) is 6.10 Å². The Labute approximate surface area is 700 Å². The molecule has 18 heteroatoms. The first-order chi connectivity index (χ1) is 56.2. The van der Waals surface area contributed by atoms with Gasteiger partial charge in [0, 0.05) is 19.3 Å². The van der Waals surface area contributed by atoms with E-state index < -0.39 is 91.5 Å². The molecule has 0 aliphatic rings. The van der Waals surface area contributed by atoms with E-state index in [4.69, 9.17) is 32.3 Å². The molecule has 0 aliphatic heterocycles. The van der Waals surface area contributed by atoms with Crippen molar-refractivity contribution in [1.82, 2.24) is 0 Å². The van der Waals surface area contributed by atoms with Crippen LogP contribution >= 0.6 is 15.6 Å². The Kier molecular flexibility index (Phi) is 83.9. The van der Waals surface area contributed by atoms with Gasteiger partial charge in [-0.3, -0.25) is 32.5 Å². The lowest BCUT2D eigenvalue weighted by atomic mass is 10.0. The van der Waals surface area contributed by atoms with Gasteiger partial charge in [0.2, 0.25) is 0 Å². The fourth-order valence-electron chi connectivity index (χ4n) is 11.8. The molecule has 0 rings (SSSR count). The highest BCUT2D eigenvalue weighted by atomic mass is 31.2. The molecular weight excluding hydrogens is 1480 g/mol. The topological polar surface area (TPSA) is 231 Å². The van der Waals surface area contributed by atoms with Crippen molar-refractivity contribution < 1.29 is 75.8 Å². The van der Waals surface area contributed by atoms with Gasteiger partial charge in [-0.15, -0.1) is 0 Å². The van der Waals surface area contributed by atoms with Crippen LogP contribution in [-0.2, 0) is 55.8 Å². The van der Waals surface area contributed by atoms with Gasteiger partial charge in [-0.05, 0) is 161 Å². The third-order valence-corrected chi connectivity index (χ3v) is 20.5. The predicted octanol–water partition coefficient (Wildman–Crippen LogP) is 27.7. The van der Waals surface area contributed by atoms with Gasteiger partial charge in [0.1, 0.15) is 25.4 Å². The van der Waals surface area contributed by atoms with Crippen molar-refractivity contribution in [2.75, 3.05) is 39.6 Å². The Balaban J connectivity index is 4.63. The second-order valence-corrected chi connectivity index (χ2v) is 32.5. The second kappa shape index (κ2) is 87.9. The molecule has 0 aromatic carbocycles. The van der Waals surface area contributed by atoms with Crippen LogP contribution in [0.3, 0.4) is 0 Å². The summed E-state index contributed by atoms with van der Waals surface area (Å²) < 4.78 is 61.4. The summed E-state index contributed by atoms with van der Waals surface area (Å²) in [4.78, 5) is 59.0. The molecule has 0 saturated heterocycles. The third kappa shape index (κ3) is 89.3. The monoisotopic (exact) mass is 1650 g/mol. The summed E-state index contributed by atoms with van der Waals surface area (Å²) >= 11 is 0. The quantitative estimate of drug-likeness (QED) is 0.0146. The molecule has 0 amide bonds. The molecular formula is C97H162O16P2. The third-order valence-electron chi connectivity index (χ3n) is 18.6. The van der Waals surface area contributed by atoms with E-state index in [1.807, 2.05) is 0 Å². The van der Waals surface area contributed by atoms with Gasteiger partial charge < -0.3 is 34.2 Å². The molecule has 115 heavy (non-hydrogen) atoms. The molecule has 0 aromatic heterocycles. The van der Waals surface area contributed by atoms with Crippen LogP contribution in [0, 0.1) is 0 Å². The molecule has 0 spiro atoms. The zero-order valence-electron chi connectivity index (χ0n) is 72.1. The number of carbonyl (C=O) groups excluding carboxylic acids is 3. The lowest BCUT2D eigenvalue weighted by Crippen LogP contribution is -2.30. The Morgan fingerprint density at radius 2 is 0.461 bits per heavy atom. The van der Waals surface area contributed by atoms with Crippen LogP contribution in [0.4, 0.5) is 0 Å². The van der Waals surface area contributed by atoms with Crippen LogP contribution in [-0.4, -0.2) is 95.9 Å². The molecule has 16 nitrogen and oxygen atoms in total. The fourth-order valence-corrected chi connectivity index (χ4v) is 13.4. The van der Waals surface area contributed by atoms with Gasteiger partial charge in [-0.25, -0.2) is 9.13 Å².